The van der Waals surface area contributed by atoms with Gasteiger partial charge < -0.3 is 13.9 Å². The van der Waals surface area contributed by atoms with Crippen LogP contribution in [0.2, 0.25) is 0 Å². The number of hydrogen-bond donors (Lipinski definition) is 1. The van der Waals surface area contributed by atoms with Gasteiger partial charge in [-0.3, -0.25) is 4.79 Å². The van der Waals surface area contributed by atoms with Crippen molar-refractivity contribution >= 4 is 33.3 Å². The van der Waals surface area contributed by atoms with Gasteiger partial charge in [0.05, 0.1) is 17.3 Å². The van der Waals surface area contributed by atoms with Crippen LogP contribution < -0.4 is 5.56 Å². The Hall–Kier alpha value is -2.32. The molecule has 0 saturated heterocycles. The van der Waals surface area contributed by atoms with Crippen molar-refractivity contribution in [1.82, 2.24) is 15.1 Å². The second kappa shape index (κ2) is 6.69. The summed E-state index contributed by atoms with van der Waals surface area (Å²) in [7, 11) is 0. The number of hydrogen-bond acceptors (Lipinski definition) is 7. The summed E-state index contributed by atoms with van der Waals surface area (Å²) in [6.45, 7) is 2.27. The minimum absolute atomic E-state index is 0.0361. The van der Waals surface area contributed by atoms with Crippen LogP contribution >= 0.6 is 23.1 Å². The molecule has 1 aliphatic rings. The number of H-pyrrole nitrogens is 1. The molecule has 8 heteroatoms. The monoisotopic (exact) mass is 399 g/mol. The summed E-state index contributed by atoms with van der Waals surface area (Å²) >= 11 is 3.11. The Kier molecular flexibility index (Phi) is 4.17. The smallest absolute Gasteiger partial charge is 0.260 e. The van der Waals surface area contributed by atoms with Crippen molar-refractivity contribution in [2.75, 3.05) is 0 Å². The van der Waals surface area contributed by atoms with Gasteiger partial charge in [0.15, 0.2) is 10.9 Å². The Bertz CT molecular complexity index is 1160. The van der Waals surface area contributed by atoms with E-state index in [1.807, 2.05) is 12.1 Å². The number of aryl methyl sites for hydroxylation is 1. The fraction of sp³-hybridized carbons (Fsp3) is 0.316. The van der Waals surface area contributed by atoms with E-state index in [9.17, 15) is 4.79 Å². The molecule has 0 aromatic carbocycles. The highest BCUT2D eigenvalue weighted by atomic mass is 32.2. The van der Waals surface area contributed by atoms with Crippen LogP contribution in [0.5, 0.6) is 0 Å². The van der Waals surface area contributed by atoms with Gasteiger partial charge in [0.25, 0.3) is 5.56 Å². The summed E-state index contributed by atoms with van der Waals surface area (Å²) in [4.78, 5) is 22.4. The van der Waals surface area contributed by atoms with E-state index in [-0.39, 0.29) is 5.56 Å². The standard InChI is InChI=1S/C19H17N3O3S2/c1-10-4-5-12-15(7-10)27-18-16(12)17(23)20-19(21-18)26-9-11-8-14(25-22-11)13-3-2-6-24-13/h2-3,6,8,10H,4-5,7,9H2,1H3,(H,20,21,23)/t10-/m0/s1. The number of aromatic nitrogens is 3. The maximum atomic E-state index is 12.6. The summed E-state index contributed by atoms with van der Waals surface area (Å²) in [5, 5.41) is 5.46. The third kappa shape index (κ3) is 3.12. The van der Waals surface area contributed by atoms with Crippen molar-refractivity contribution in [3.05, 3.63) is 51.0 Å². The Morgan fingerprint density at radius 3 is 3.19 bits per heavy atom. The molecule has 0 aliphatic heterocycles. The molecule has 6 nitrogen and oxygen atoms in total. The molecule has 0 radical (unpaired) electrons. The predicted octanol–water partition coefficient (Wildman–Crippen LogP) is 4.65. The number of rotatable bonds is 4. The highest BCUT2D eigenvalue weighted by Crippen LogP contribution is 2.36. The second-order valence-electron chi connectivity index (χ2n) is 6.85. The minimum Gasteiger partial charge on any atom is -0.461 e. The first kappa shape index (κ1) is 16.8. The van der Waals surface area contributed by atoms with Crippen molar-refractivity contribution in [3.63, 3.8) is 0 Å². The number of fused-ring (bicyclic) bond motifs is 3. The van der Waals surface area contributed by atoms with E-state index in [0.717, 1.165) is 35.2 Å². The van der Waals surface area contributed by atoms with Crippen LogP contribution in [0.3, 0.4) is 0 Å². The van der Waals surface area contributed by atoms with Crippen LogP contribution in [0, 0.1) is 5.92 Å². The van der Waals surface area contributed by atoms with Gasteiger partial charge in [-0.1, -0.05) is 23.8 Å². The summed E-state index contributed by atoms with van der Waals surface area (Å²) < 4.78 is 10.6. The molecule has 0 unspecified atom stereocenters. The lowest BCUT2D eigenvalue weighted by Gasteiger charge is -2.17. The van der Waals surface area contributed by atoms with Gasteiger partial charge in [0.2, 0.25) is 5.76 Å². The SMILES string of the molecule is C[C@H]1CCc2c(sc3nc(SCc4cc(-c5ccco5)on4)[nH]c(=O)c23)C1. The molecular weight excluding hydrogens is 382 g/mol. The molecule has 138 valence electrons. The molecule has 0 saturated carbocycles. The highest BCUT2D eigenvalue weighted by Gasteiger charge is 2.23. The molecule has 1 aliphatic carbocycles. The number of thioether (sulfide) groups is 1. The molecule has 0 amide bonds. The van der Waals surface area contributed by atoms with Gasteiger partial charge in [0.1, 0.15) is 4.83 Å². The molecule has 1 atom stereocenters. The van der Waals surface area contributed by atoms with Gasteiger partial charge >= 0.3 is 0 Å². The highest BCUT2D eigenvalue weighted by molar-refractivity contribution is 7.98. The average Bonchev–Trinajstić information content (AvgIpc) is 3.38. The number of nitrogens with one attached hydrogen (secondary N) is 1. The van der Waals surface area contributed by atoms with E-state index in [4.69, 9.17) is 8.94 Å². The van der Waals surface area contributed by atoms with Gasteiger partial charge in [0, 0.05) is 16.7 Å². The predicted molar refractivity (Wildman–Crippen MR) is 105 cm³/mol. The maximum absolute atomic E-state index is 12.6. The number of nitrogens with zero attached hydrogens (tertiary/aromatic N) is 2. The molecule has 4 aromatic rings. The zero-order valence-corrected chi connectivity index (χ0v) is 16.3. The van der Waals surface area contributed by atoms with Crippen molar-refractivity contribution in [1.29, 1.82) is 0 Å². The van der Waals surface area contributed by atoms with Gasteiger partial charge in [-0.25, -0.2) is 4.98 Å². The third-order valence-electron chi connectivity index (χ3n) is 4.82. The first-order valence-corrected chi connectivity index (χ1v) is 10.6. The molecule has 0 spiro atoms. The fourth-order valence-corrected chi connectivity index (χ4v) is 5.64. The summed E-state index contributed by atoms with van der Waals surface area (Å²) in [5.74, 6) is 2.47. The molecule has 0 fully saturated rings. The van der Waals surface area contributed by atoms with Crippen LogP contribution in [0.4, 0.5) is 0 Å². The molecule has 4 aromatic heterocycles. The van der Waals surface area contributed by atoms with Crippen molar-refractivity contribution in [2.45, 2.75) is 37.1 Å². The van der Waals surface area contributed by atoms with Crippen molar-refractivity contribution in [3.8, 4) is 11.5 Å². The van der Waals surface area contributed by atoms with Crippen LogP contribution in [-0.2, 0) is 18.6 Å². The average molecular weight is 399 g/mol. The topological polar surface area (TPSA) is 84.9 Å². The fourth-order valence-electron chi connectivity index (χ4n) is 3.45. The van der Waals surface area contributed by atoms with Crippen LogP contribution in [0.15, 0.2) is 43.4 Å². The van der Waals surface area contributed by atoms with Gasteiger partial charge in [-0.05, 0) is 42.9 Å². The molecule has 5 rings (SSSR count). The number of thiophene rings is 1. The minimum atomic E-state index is -0.0361. The van der Waals surface area contributed by atoms with E-state index in [1.54, 1.807) is 23.7 Å². The second-order valence-corrected chi connectivity index (χ2v) is 8.90. The largest absolute Gasteiger partial charge is 0.461 e. The van der Waals surface area contributed by atoms with E-state index in [2.05, 4.69) is 22.0 Å². The third-order valence-corrected chi connectivity index (χ3v) is 6.88. The number of aromatic amines is 1. The Morgan fingerprint density at radius 1 is 1.41 bits per heavy atom. The van der Waals surface area contributed by atoms with E-state index >= 15 is 0 Å². The van der Waals surface area contributed by atoms with Crippen LogP contribution in [-0.4, -0.2) is 15.1 Å². The Morgan fingerprint density at radius 2 is 2.33 bits per heavy atom. The van der Waals surface area contributed by atoms with Crippen LogP contribution in [0.1, 0.15) is 29.5 Å². The quantitative estimate of drug-likeness (QED) is 0.397. The zero-order valence-electron chi connectivity index (χ0n) is 14.7. The molecule has 0 bridgehead atoms. The molecular formula is C19H17N3O3S2. The van der Waals surface area contributed by atoms with E-state index in [0.29, 0.717) is 28.3 Å². The van der Waals surface area contributed by atoms with E-state index in [1.165, 1.54) is 22.2 Å². The molecule has 27 heavy (non-hydrogen) atoms. The molecule has 4 heterocycles. The van der Waals surface area contributed by atoms with Gasteiger partial charge in [-0.15, -0.1) is 11.3 Å². The Labute approximate surface area is 163 Å². The first-order valence-electron chi connectivity index (χ1n) is 8.84. The van der Waals surface area contributed by atoms with Crippen molar-refractivity contribution < 1.29 is 8.94 Å². The lowest BCUT2D eigenvalue weighted by atomic mass is 9.89. The number of furan rings is 1. The summed E-state index contributed by atoms with van der Waals surface area (Å²) in [6, 6.07) is 5.47. The van der Waals surface area contributed by atoms with E-state index < -0.39 is 0 Å². The first-order chi connectivity index (χ1) is 13.2. The van der Waals surface area contributed by atoms with Gasteiger partial charge in [-0.2, -0.15) is 0 Å². The maximum Gasteiger partial charge on any atom is 0.260 e. The summed E-state index contributed by atoms with van der Waals surface area (Å²) in [6.07, 6.45) is 4.76. The molecule has 1 N–H and O–H groups in total. The summed E-state index contributed by atoms with van der Waals surface area (Å²) in [5.41, 5.74) is 1.94. The Balaban J connectivity index is 1.39. The van der Waals surface area contributed by atoms with Crippen LogP contribution in [0.25, 0.3) is 21.7 Å². The lowest BCUT2D eigenvalue weighted by Crippen LogP contribution is -2.13. The van der Waals surface area contributed by atoms with Crippen molar-refractivity contribution in [2.24, 2.45) is 5.92 Å². The lowest BCUT2D eigenvalue weighted by molar-refractivity contribution is 0.413. The normalized spacial score (nSPS) is 16.7. The zero-order chi connectivity index (χ0) is 18.4.